The minimum absolute atomic E-state index is 0.501. The molecule has 0 N–H and O–H groups in total. The highest BCUT2D eigenvalue weighted by Gasteiger charge is 2.26. The molecule has 5 heteroatoms. The average molecular weight is 818 g/mol. The van der Waals surface area contributed by atoms with Crippen LogP contribution in [-0.2, 0) is 0 Å². The lowest BCUT2D eigenvalue weighted by Crippen LogP contribution is -2.03. The summed E-state index contributed by atoms with van der Waals surface area (Å²) in [5, 5.41) is 8.71. The van der Waals surface area contributed by atoms with Crippen LogP contribution in [0.15, 0.2) is 221 Å². The van der Waals surface area contributed by atoms with Crippen LogP contribution in [0, 0.1) is 0 Å². The van der Waals surface area contributed by atoms with E-state index in [0.29, 0.717) is 17.5 Å². The summed E-state index contributed by atoms with van der Waals surface area (Å²) >= 11 is 0. The Bertz CT molecular complexity index is 3830. The summed E-state index contributed by atoms with van der Waals surface area (Å²) in [6.45, 7) is 0. The molecule has 0 saturated heterocycles. The molecule has 298 valence electrons. The highest BCUT2D eigenvalue weighted by Crippen LogP contribution is 2.49. The Morgan fingerprint density at radius 2 is 0.656 bits per heavy atom. The molecule has 0 aliphatic heterocycles. The number of furan rings is 2. The van der Waals surface area contributed by atoms with Crippen LogP contribution in [0.2, 0.25) is 0 Å². The minimum atomic E-state index is 0.501. The van der Waals surface area contributed by atoms with Crippen LogP contribution < -0.4 is 0 Å². The molecule has 13 aromatic rings. The molecule has 0 spiro atoms. The van der Waals surface area contributed by atoms with Crippen molar-refractivity contribution in [2.75, 3.05) is 0 Å². The van der Waals surface area contributed by atoms with Gasteiger partial charge in [-0.05, 0) is 79.7 Å². The maximum Gasteiger partial charge on any atom is 0.167 e. The van der Waals surface area contributed by atoms with Gasteiger partial charge in [0, 0.05) is 32.7 Å². The van der Waals surface area contributed by atoms with Gasteiger partial charge in [-0.1, -0.05) is 182 Å². The number of fused-ring (bicyclic) bond motifs is 8. The van der Waals surface area contributed by atoms with E-state index in [4.69, 9.17) is 23.8 Å². The molecule has 0 amide bonds. The fraction of sp³-hybridized carbons (Fsp3) is 0. The number of hydrogen-bond donors (Lipinski definition) is 0. The normalized spacial score (nSPS) is 11.8. The lowest BCUT2D eigenvalue weighted by molar-refractivity contribution is 0.669. The summed E-state index contributed by atoms with van der Waals surface area (Å²) in [6, 6.07) is 74.2. The lowest BCUT2D eigenvalue weighted by atomic mass is 9.82. The third-order valence-electron chi connectivity index (χ3n) is 12.6. The van der Waals surface area contributed by atoms with Gasteiger partial charge in [-0.2, -0.15) is 0 Å². The summed E-state index contributed by atoms with van der Waals surface area (Å²) < 4.78 is 13.3. The lowest BCUT2D eigenvalue weighted by Gasteiger charge is -2.22. The van der Waals surface area contributed by atoms with E-state index in [2.05, 4.69) is 164 Å². The predicted octanol–water partition coefficient (Wildman–Crippen LogP) is 16.0. The fourth-order valence-corrected chi connectivity index (χ4v) is 9.69. The van der Waals surface area contributed by atoms with Crippen molar-refractivity contribution >= 4 is 65.4 Å². The summed E-state index contributed by atoms with van der Waals surface area (Å²) in [5.74, 6) is 1.54. The zero-order valence-electron chi connectivity index (χ0n) is 34.4. The van der Waals surface area contributed by atoms with Crippen molar-refractivity contribution in [1.29, 1.82) is 0 Å². The third kappa shape index (κ3) is 5.68. The second kappa shape index (κ2) is 14.5. The molecule has 0 saturated carbocycles. The van der Waals surface area contributed by atoms with Crippen LogP contribution in [0.1, 0.15) is 0 Å². The molecular weight excluding hydrogens is 783 g/mol. The molecule has 0 bridgehead atoms. The first kappa shape index (κ1) is 36.0. The third-order valence-corrected chi connectivity index (χ3v) is 12.6. The average Bonchev–Trinajstić information content (AvgIpc) is 3.95. The van der Waals surface area contributed by atoms with E-state index in [1.165, 1.54) is 10.8 Å². The van der Waals surface area contributed by atoms with Gasteiger partial charge in [-0.25, -0.2) is 15.0 Å². The molecule has 0 unspecified atom stereocenters. The van der Waals surface area contributed by atoms with Gasteiger partial charge in [0.15, 0.2) is 17.5 Å². The molecule has 0 aliphatic rings. The van der Waals surface area contributed by atoms with Crippen molar-refractivity contribution in [2.45, 2.75) is 0 Å². The zero-order valence-corrected chi connectivity index (χ0v) is 34.4. The van der Waals surface area contributed by atoms with E-state index >= 15 is 0 Å². The monoisotopic (exact) mass is 817 g/mol. The Morgan fingerprint density at radius 1 is 0.250 bits per heavy atom. The van der Waals surface area contributed by atoms with Gasteiger partial charge in [-0.3, -0.25) is 0 Å². The minimum Gasteiger partial charge on any atom is -0.455 e. The summed E-state index contributed by atoms with van der Waals surface area (Å²) in [7, 11) is 0. The molecule has 0 radical (unpaired) electrons. The Hall–Kier alpha value is -8.67. The van der Waals surface area contributed by atoms with Crippen LogP contribution in [0.25, 0.3) is 133 Å². The van der Waals surface area contributed by atoms with Gasteiger partial charge < -0.3 is 8.83 Å². The SMILES string of the molecule is c1ccc(-c2c(-c3cccc4ccccc34)ccc(-c3nc(-c4cccc5c4oc4ccccc45)nc(-c4cccc5c4oc4ccccc45)n3)c2-c2cccc3ccccc23)cc1. The van der Waals surface area contributed by atoms with Crippen molar-refractivity contribution < 1.29 is 8.83 Å². The number of aromatic nitrogens is 3. The van der Waals surface area contributed by atoms with Crippen molar-refractivity contribution in [3.8, 4) is 67.5 Å². The van der Waals surface area contributed by atoms with Gasteiger partial charge in [0.25, 0.3) is 0 Å². The fourth-order valence-electron chi connectivity index (χ4n) is 9.69. The van der Waals surface area contributed by atoms with Crippen LogP contribution in [0.5, 0.6) is 0 Å². The Balaban J connectivity index is 1.17. The summed E-state index contributed by atoms with van der Waals surface area (Å²) in [4.78, 5) is 16.3. The van der Waals surface area contributed by atoms with E-state index in [1.807, 2.05) is 48.5 Å². The molecule has 13 rings (SSSR count). The van der Waals surface area contributed by atoms with Crippen LogP contribution in [-0.4, -0.2) is 15.0 Å². The largest absolute Gasteiger partial charge is 0.455 e. The molecule has 3 aromatic heterocycles. The molecule has 0 aliphatic carbocycles. The second-order valence-electron chi connectivity index (χ2n) is 16.2. The maximum absolute atomic E-state index is 6.64. The van der Waals surface area contributed by atoms with Crippen molar-refractivity contribution in [1.82, 2.24) is 15.0 Å². The van der Waals surface area contributed by atoms with E-state index in [-0.39, 0.29) is 0 Å². The second-order valence-corrected chi connectivity index (χ2v) is 16.2. The van der Waals surface area contributed by atoms with E-state index < -0.39 is 0 Å². The van der Waals surface area contributed by atoms with Gasteiger partial charge in [0.1, 0.15) is 22.3 Å². The Labute approximate surface area is 367 Å². The number of rotatable bonds is 6. The highest BCUT2D eigenvalue weighted by molar-refractivity contribution is 6.13. The van der Waals surface area contributed by atoms with Crippen molar-refractivity contribution in [2.24, 2.45) is 0 Å². The van der Waals surface area contributed by atoms with Crippen LogP contribution in [0.4, 0.5) is 0 Å². The standard InChI is InChI=1S/C59H35N3O2/c1-2-18-38(19-3-1)53-45(41-26-12-20-36-16-4-6-22-39(36)41)34-35-48(54(53)44-27-13-21-37-17-5-7-23-40(37)44)57-60-58(49-30-14-28-46-42-24-8-10-32-51(42)63-55(46)49)62-59(61-57)50-31-15-29-47-43-25-9-11-33-52(43)64-56(47)50/h1-35H. The van der Waals surface area contributed by atoms with E-state index in [9.17, 15) is 0 Å². The quantitative estimate of drug-likeness (QED) is 0.167. The van der Waals surface area contributed by atoms with Gasteiger partial charge >= 0.3 is 0 Å². The molecule has 0 atom stereocenters. The van der Waals surface area contributed by atoms with Gasteiger partial charge in [0.2, 0.25) is 0 Å². The Morgan fingerprint density at radius 3 is 1.25 bits per heavy atom. The van der Waals surface area contributed by atoms with Gasteiger partial charge in [0.05, 0.1) is 11.1 Å². The van der Waals surface area contributed by atoms with E-state index in [1.54, 1.807) is 0 Å². The van der Waals surface area contributed by atoms with Crippen molar-refractivity contribution in [3.63, 3.8) is 0 Å². The zero-order chi connectivity index (χ0) is 42.1. The number of hydrogen-bond acceptors (Lipinski definition) is 5. The highest BCUT2D eigenvalue weighted by atomic mass is 16.3. The number of nitrogens with zero attached hydrogens (tertiary/aromatic N) is 3. The first-order valence-corrected chi connectivity index (χ1v) is 21.5. The molecule has 10 aromatic carbocycles. The van der Waals surface area contributed by atoms with Crippen LogP contribution >= 0.6 is 0 Å². The summed E-state index contributed by atoms with van der Waals surface area (Å²) in [5.41, 5.74) is 12.0. The molecule has 5 nitrogen and oxygen atoms in total. The number of benzene rings is 10. The molecule has 64 heavy (non-hydrogen) atoms. The van der Waals surface area contributed by atoms with E-state index in [0.717, 1.165) is 105 Å². The van der Waals surface area contributed by atoms with Gasteiger partial charge in [-0.15, -0.1) is 0 Å². The molecular formula is C59H35N3O2. The topological polar surface area (TPSA) is 65.0 Å². The smallest absolute Gasteiger partial charge is 0.167 e. The van der Waals surface area contributed by atoms with Crippen molar-refractivity contribution in [3.05, 3.63) is 212 Å². The molecule has 3 heterocycles. The Kier molecular flexibility index (Phi) is 8.15. The van der Waals surface area contributed by atoms with Crippen LogP contribution in [0.3, 0.4) is 0 Å². The number of para-hydroxylation sites is 4. The predicted molar refractivity (Wildman–Crippen MR) is 262 cm³/mol. The molecule has 0 fully saturated rings. The first-order valence-electron chi connectivity index (χ1n) is 21.5. The first-order chi connectivity index (χ1) is 31.7. The summed E-state index contributed by atoms with van der Waals surface area (Å²) in [6.07, 6.45) is 0. The maximum atomic E-state index is 6.64.